The van der Waals surface area contributed by atoms with Crippen LogP contribution >= 0.6 is 0 Å². The summed E-state index contributed by atoms with van der Waals surface area (Å²) < 4.78 is 16.8. The lowest BCUT2D eigenvalue weighted by atomic mass is 10.0. The Morgan fingerprint density at radius 1 is 0.280 bits per heavy atom. The Balaban J connectivity index is 4.32. The number of carbonyl (C=O) groups is 3. The Morgan fingerprint density at radius 3 is 0.907 bits per heavy atom. The lowest BCUT2D eigenvalue weighted by molar-refractivity contribution is -0.166. The first kappa shape index (κ1) is 71.1. The minimum absolute atomic E-state index is 0.110. The summed E-state index contributed by atoms with van der Waals surface area (Å²) in [6.45, 7) is 6.34. The molecular formula is C69H116O6. The molecule has 0 aliphatic carbocycles. The molecule has 0 N–H and O–H groups in total. The first-order valence-electron chi connectivity index (χ1n) is 31.4. The lowest BCUT2D eigenvalue weighted by Crippen LogP contribution is -2.30. The van der Waals surface area contributed by atoms with Gasteiger partial charge in [-0.15, -0.1) is 0 Å². The molecule has 0 rings (SSSR count). The first-order chi connectivity index (χ1) is 37.0. The average molecular weight is 1040 g/mol. The smallest absolute Gasteiger partial charge is 0.306 e. The van der Waals surface area contributed by atoms with E-state index in [-0.39, 0.29) is 44.0 Å². The Kier molecular flexibility index (Phi) is 59.3. The van der Waals surface area contributed by atoms with Crippen molar-refractivity contribution in [2.75, 3.05) is 13.2 Å². The van der Waals surface area contributed by atoms with Crippen LogP contribution in [0.5, 0.6) is 0 Å². The molecule has 0 aromatic carbocycles. The fourth-order valence-corrected chi connectivity index (χ4v) is 8.62. The van der Waals surface area contributed by atoms with Crippen molar-refractivity contribution in [3.63, 3.8) is 0 Å². The molecule has 0 fully saturated rings. The van der Waals surface area contributed by atoms with Crippen molar-refractivity contribution in [3.8, 4) is 0 Å². The normalized spacial score (nSPS) is 12.8. The summed E-state index contributed by atoms with van der Waals surface area (Å²) in [6.07, 6.45) is 85.5. The van der Waals surface area contributed by atoms with E-state index in [2.05, 4.69) is 124 Å². The first-order valence-corrected chi connectivity index (χ1v) is 31.4. The summed E-state index contributed by atoms with van der Waals surface area (Å²) in [6, 6.07) is 0. The predicted molar refractivity (Wildman–Crippen MR) is 325 cm³/mol. The van der Waals surface area contributed by atoms with E-state index in [0.29, 0.717) is 12.8 Å². The summed E-state index contributed by atoms with van der Waals surface area (Å²) in [5, 5.41) is 0. The minimum atomic E-state index is -0.822. The molecule has 0 saturated carbocycles. The molecule has 1 unspecified atom stereocenters. The SMILES string of the molecule is CC/C=C\C/C=C\C/C=C\C/C=C\CCCCCCC(=O)OC(COC(=O)CC/C=C\C/C=C\C/C=C\C/C=C\CC)COC(=O)CCCCCCCCCCCCCCCCC/C=C\CCCCCCCCCC. The van der Waals surface area contributed by atoms with Gasteiger partial charge in [-0.1, -0.05) is 271 Å². The molecule has 0 heterocycles. The van der Waals surface area contributed by atoms with Crippen LogP contribution in [0.15, 0.2) is 109 Å². The van der Waals surface area contributed by atoms with E-state index in [1.807, 2.05) is 6.08 Å². The number of hydrogen-bond donors (Lipinski definition) is 0. The molecule has 0 aromatic heterocycles. The number of rotatable bonds is 56. The van der Waals surface area contributed by atoms with Gasteiger partial charge in [0.25, 0.3) is 0 Å². The quantitative estimate of drug-likeness (QED) is 0.0261. The van der Waals surface area contributed by atoms with Crippen LogP contribution in [0.1, 0.15) is 290 Å². The molecule has 0 aliphatic heterocycles. The fraction of sp³-hybridized carbons (Fsp3) is 0.696. The third-order valence-corrected chi connectivity index (χ3v) is 13.3. The number of unbranched alkanes of at least 4 members (excludes halogenated alkanes) is 27. The van der Waals surface area contributed by atoms with E-state index in [0.717, 1.165) is 103 Å². The highest BCUT2D eigenvalue weighted by molar-refractivity contribution is 5.71. The minimum Gasteiger partial charge on any atom is -0.462 e. The van der Waals surface area contributed by atoms with Gasteiger partial charge in [-0.25, -0.2) is 0 Å². The largest absolute Gasteiger partial charge is 0.462 e. The zero-order valence-electron chi connectivity index (χ0n) is 49.0. The van der Waals surface area contributed by atoms with Crippen molar-refractivity contribution >= 4 is 17.9 Å². The van der Waals surface area contributed by atoms with Crippen LogP contribution in [0.3, 0.4) is 0 Å². The van der Waals surface area contributed by atoms with Crippen LogP contribution in [0.2, 0.25) is 0 Å². The summed E-state index contributed by atoms with van der Waals surface area (Å²) in [4.78, 5) is 38.2. The van der Waals surface area contributed by atoms with Gasteiger partial charge in [0.15, 0.2) is 6.10 Å². The molecule has 0 saturated heterocycles. The van der Waals surface area contributed by atoms with E-state index < -0.39 is 6.10 Å². The zero-order valence-corrected chi connectivity index (χ0v) is 49.0. The van der Waals surface area contributed by atoms with Crippen LogP contribution in [0.4, 0.5) is 0 Å². The molecular weight excluding hydrogens is 925 g/mol. The monoisotopic (exact) mass is 1040 g/mol. The molecule has 0 aliphatic rings. The number of ether oxygens (including phenoxy) is 3. The molecule has 428 valence electrons. The van der Waals surface area contributed by atoms with Gasteiger partial charge in [0.2, 0.25) is 0 Å². The van der Waals surface area contributed by atoms with Crippen LogP contribution in [0, 0.1) is 0 Å². The lowest BCUT2D eigenvalue weighted by Gasteiger charge is -2.18. The topological polar surface area (TPSA) is 78.9 Å². The van der Waals surface area contributed by atoms with Gasteiger partial charge in [-0.3, -0.25) is 14.4 Å². The van der Waals surface area contributed by atoms with E-state index in [9.17, 15) is 14.4 Å². The van der Waals surface area contributed by atoms with Crippen molar-refractivity contribution < 1.29 is 28.6 Å². The van der Waals surface area contributed by atoms with Crippen LogP contribution in [-0.4, -0.2) is 37.2 Å². The Bertz CT molecular complexity index is 1520. The second-order valence-electron chi connectivity index (χ2n) is 20.5. The van der Waals surface area contributed by atoms with E-state index >= 15 is 0 Å². The fourth-order valence-electron chi connectivity index (χ4n) is 8.62. The molecule has 0 spiro atoms. The van der Waals surface area contributed by atoms with Gasteiger partial charge in [-0.2, -0.15) is 0 Å². The maximum Gasteiger partial charge on any atom is 0.306 e. The molecule has 0 aromatic rings. The standard InChI is InChI=1S/C69H116O6/c1-4-7-10-13-16-19-22-25-27-29-30-31-32-33-34-35-36-37-38-40-41-44-47-50-53-56-59-62-68(71)74-65-66(64-73-67(70)61-58-55-52-49-46-43-24-21-18-15-12-9-6-3)75-69(72)63-60-57-54-51-48-45-42-39-28-26-23-20-17-14-11-8-5-2/h8-9,11-12,17-18,20-21,26,28-30,42-43,45-46,52,55,66H,4-7,10,13-16,19,22-25,27,31-41,44,47-51,53-54,56-65H2,1-3H3/b11-8-,12-9-,20-17-,21-18-,28-26-,30-29-,45-42-,46-43-,55-52-. The highest BCUT2D eigenvalue weighted by Crippen LogP contribution is 2.16. The third-order valence-electron chi connectivity index (χ3n) is 13.3. The predicted octanol–water partition coefficient (Wildman–Crippen LogP) is 21.4. The van der Waals surface area contributed by atoms with Crippen LogP contribution in [-0.2, 0) is 28.6 Å². The van der Waals surface area contributed by atoms with Gasteiger partial charge in [-0.05, 0) is 109 Å². The van der Waals surface area contributed by atoms with Crippen molar-refractivity contribution in [1.29, 1.82) is 0 Å². The van der Waals surface area contributed by atoms with E-state index in [4.69, 9.17) is 14.2 Å². The highest BCUT2D eigenvalue weighted by Gasteiger charge is 2.19. The Morgan fingerprint density at radius 2 is 0.547 bits per heavy atom. The second-order valence-corrected chi connectivity index (χ2v) is 20.5. The molecule has 6 heteroatoms. The van der Waals surface area contributed by atoms with Gasteiger partial charge in [0.1, 0.15) is 13.2 Å². The highest BCUT2D eigenvalue weighted by atomic mass is 16.6. The number of carbonyl (C=O) groups excluding carboxylic acids is 3. The number of esters is 3. The van der Waals surface area contributed by atoms with Gasteiger partial charge in [0, 0.05) is 19.3 Å². The maximum atomic E-state index is 12.9. The average Bonchev–Trinajstić information content (AvgIpc) is 3.41. The number of allylic oxidation sites excluding steroid dienone is 18. The number of hydrogen-bond acceptors (Lipinski definition) is 6. The van der Waals surface area contributed by atoms with Crippen molar-refractivity contribution in [2.45, 2.75) is 297 Å². The van der Waals surface area contributed by atoms with Gasteiger partial charge >= 0.3 is 17.9 Å². The summed E-state index contributed by atoms with van der Waals surface area (Å²) in [5.74, 6) is -1.02. The zero-order chi connectivity index (χ0) is 54.3. The summed E-state index contributed by atoms with van der Waals surface area (Å²) in [7, 11) is 0. The maximum absolute atomic E-state index is 12.9. The summed E-state index contributed by atoms with van der Waals surface area (Å²) in [5.41, 5.74) is 0. The third kappa shape index (κ3) is 60.8. The van der Waals surface area contributed by atoms with Crippen molar-refractivity contribution in [2.24, 2.45) is 0 Å². The van der Waals surface area contributed by atoms with Gasteiger partial charge < -0.3 is 14.2 Å². The van der Waals surface area contributed by atoms with Gasteiger partial charge in [0.05, 0.1) is 0 Å². The van der Waals surface area contributed by atoms with Crippen molar-refractivity contribution in [1.82, 2.24) is 0 Å². The van der Waals surface area contributed by atoms with E-state index in [1.165, 1.54) is 141 Å². The Labute approximate surface area is 463 Å². The molecule has 0 radical (unpaired) electrons. The van der Waals surface area contributed by atoms with E-state index in [1.54, 1.807) is 0 Å². The van der Waals surface area contributed by atoms with Crippen LogP contribution < -0.4 is 0 Å². The second kappa shape index (κ2) is 62.6. The van der Waals surface area contributed by atoms with Crippen LogP contribution in [0.25, 0.3) is 0 Å². The molecule has 75 heavy (non-hydrogen) atoms. The summed E-state index contributed by atoms with van der Waals surface area (Å²) >= 11 is 0. The molecule has 1 atom stereocenters. The van der Waals surface area contributed by atoms with Crippen molar-refractivity contribution in [3.05, 3.63) is 109 Å². The Hall–Kier alpha value is -3.93. The molecule has 0 bridgehead atoms. The molecule has 6 nitrogen and oxygen atoms in total. The molecule has 0 amide bonds.